The summed E-state index contributed by atoms with van der Waals surface area (Å²) in [4.78, 5) is 12.9. The second-order valence-corrected chi connectivity index (χ2v) is 10.1. The van der Waals surface area contributed by atoms with Gasteiger partial charge in [-0.1, -0.05) is 41.6 Å². The molecule has 0 aliphatic carbocycles. The van der Waals surface area contributed by atoms with Crippen LogP contribution < -0.4 is 20.7 Å². The zero-order chi connectivity index (χ0) is 31.0. The molecule has 0 aliphatic heterocycles. The van der Waals surface area contributed by atoms with Crippen LogP contribution in [0.4, 0.5) is 27.6 Å². The van der Waals surface area contributed by atoms with Crippen molar-refractivity contribution in [2.45, 2.75) is 44.4 Å². The van der Waals surface area contributed by atoms with Crippen molar-refractivity contribution in [3.63, 3.8) is 0 Å². The Morgan fingerprint density at radius 3 is 2.09 bits per heavy atom. The number of hydrogen-bond acceptors (Lipinski definition) is 7. The maximum absolute atomic E-state index is 15.1. The second kappa shape index (κ2) is 13.6. The number of rotatable bonds is 13. The summed E-state index contributed by atoms with van der Waals surface area (Å²) in [6, 6.07) is 13.7. The van der Waals surface area contributed by atoms with Crippen molar-refractivity contribution >= 4 is 11.6 Å². The number of tetrazole rings is 1. The van der Waals surface area contributed by atoms with Crippen molar-refractivity contribution < 1.29 is 31.5 Å². The topological polar surface area (TPSA) is 117 Å². The fourth-order valence-electron chi connectivity index (χ4n) is 4.20. The maximum Gasteiger partial charge on any atom is 0.407 e. The number of aromatic amines is 1. The number of alkyl halides is 4. The third-order valence-electron chi connectivity index (χ3n) is 6.40. The predicted molar refractivity (Wildman–Crippen MR) is 149 cm³/mol. The smallest absolute Gasteiger partial charge is 0.407 e. The van der Waals surface area contributed by atoms with Gasteiger partial charge in [0.2, 0.25) is 11.7 Å². The van der Waals surface area contributed by atoms with Gasteiger partial charge in [-0.15, -0.1) is 10.2 Å². The summed E-state index contributed by atoms with van der Waals surface area (Å²) in [6.45, 7) is 2.45. The first-order valence-corrected chi connectivity index (χ1v) is 13.2. The zero-order valence-electron chi connectivity index (χ0n) is 23.3. The molecule has 4 N–H and O–H groups in total. The van der Waals surface area contributed by atoms with E-state index in [1.54, 1.807) is 24.3 Å². The van der Waals surface area contributed by atoms with E-state index in [0.717, 1.165) is 13.8 Å². The molecule has 14 heteroatoms. The Labute approximate surface area is 244 Å². The number of carbonyl (C=O) groups is 1. The molecule has 1 aromatic heterocycles. The van der Waals surface area contributed by atoms with Crippen molar-refractivity contribution in [2.75, 3.05) is 18.4 Å². The van der Waals surface area contributed by atoms with E-state index in [1.165, 1.54) is 48.5 Å². The van der Waals surface area contributed by atoms with Gasteiger partial charge in [-0.05, 0) is 66.9 Å². The largest absolute Gasteiger partial charge is 0.485 e. The molecule has 0 spiro atoms. The molecule has 43 heavy (non-hydrogen) atoms. The molecule has 4 rings (SSSR count). The first-order chi connectivity index (χ1) is 20.4. The lowest BCUT2D eigenvalue weighted by molar-refractivity contribution is -0.163. The molecular weight excluding hydrogens is 573 g/mol. The third kappa shape index (κ3) is 8.95. The van der Waals surface area contributed by atoms with E-state index >= 15 is 4.39 Å². The average molecular weight is 604 g/mol. The Balaban J connectivity index is 1.34. The summed E-state index contributed by atoms with van der Waals surface area (Å²) in [5.41, 5.74) is -0.644. The summed E-state index contributed by atoms with van der Waals surface area (Å²) in [7, 11) is 0. The number of nitrogens with zero attached hydrogens (tertiary/aromatic N) is 3. The highest BCUT2D eigenvalue weighted by Crippen LogP contribution is 2.35. The van der Waals surface area contributed by atoms with Crippen LogP contribution in [0, 0.1) is 5.82 Å². The first kappa shape index (κ1) is 31.3. The molecule has 0 bridgehead atoms. The van der Waals surface area contributed by atoms with Crippen LogP contribution in [0.5, 0.6) is 5.75 Å². The van der Waals surface area contributed by atoms with Crippen LogP contribution in [-0.2, 0) is 11.4 Å². The molecule has 0 radical (unpaired) electrons. The molecular formula is C29H30F5N7O2. The van der Waals surface area contributed by atoms with Crippen molar-refractivity contribution in [3.05, 3.63) is 90.0 Å². The Hall–Kier alpha value is -4.59. The molecule has 0 saturated carbocycles. The minimum Gasteiger partial charge on any atom is -0.485 e. The number of aromatic nitrogens is 4. The van der Waals surface area contributed by atoms with Crippen LogP contribution in [0.3, 0.4) is 0 Å². The van der Waals surface area contributed by atoms with Gasteiger partial charge in [0.15, 0.2) is 6.61 Å². The lowest BCUT2D eigenvalue weighted by atomic mass is 9.95. The third-order valence-corrected chi connectivity index (χ3v) is 6.40. The molecule has 228 valence electrons. The van der Waals surface area contributed by atoms with Gasteiger partial charge in [-0.25, -0.2) is 8.78 Å². The lowest BCUT2D eigenvalue weighted by Crippen LogP contribution is -2.57. The van der Waals surface area contributed by atoms with Gasteiger partial charge in [0.1, 0.15) is 29.3 Å². The summed E-state index contributed by atoms with van der Waals surface area (Å²) in [5, 5.41) is 21.1. The van der Waals surface area contributed by atoms with Crippen LogP contribution >= 0.6 is 0 Å². The monoisotopic (exact) mass is 603 g/mol. The SMILES string of the molecule is CC(C)(F)C(NC(c1ccc(-c2ccc(F)cc2)cc1)C(F)(F)F)C(=O)NCCNc1ccc(OCc2nn[nH]n2)cc1. The highest BCUT2D eigenvalue weighted by molar-refractivity contribution is 5.83. The Morgan fingerprint density at radius 2 is 1.53 bits per heavy atom. The van der Waals surface area contributed by atoms with Gasteiger partial charge in [0, 0.05) is 18.8 Å². The molecule has 2 unspecified atom stereocenters. The Kier molecular flexibility index (Phi) is 9.91. The van der Waals surface area contributed by atoms with Gasteiger partial charge in [0.05, 0.1) is 0 Å². The van der Waals surface area contributed by atoms with E-state index in [2.05, 4.69) is 36.6 Å². The van der Waals surface area contributed by atoms with Crippen LogP contribution in [-0.4, -0.2) is 57.5 Å². The number of ether oxygens (including phenoxy) is 1. The van der Waals surface area contributed by atoms with Crippen LogP contribution in [0.2, 0.25) is 0 Å². The van der Waals surface area contributed by atoms with Crippen molar-refractivity contribution in [1.29, 1.82) is 0 Å². The number of carbonyl (C=O) groups excluding carboxylic acids is 1. The molecule has 2 atom stereocenters. The predicted octanol–water partition coefficient (Wildman–Crippen LogP) is 5.12. The molecule has 4 aromatic rings. The van der Waals surface area contributed by atoms with E-state index < -0.39 is 35.7 Å². The van der Waals surface area contributed by atoms with Gasteiger partial charge >= 0.3 is 6.18 Å². The lowest BCUT2D eigenvalue weighted by Gasteiger charge is -2.32. The molecule has 1 amide bonds. The molecule has 3 aromatic carbocycles. The van der Waals surface area contributed by atoms with E-state index in [1.807, 2.05) is 0 Å². The first-order valence-electron chi connectivity index (χ1n) is 13.2. The number of hydrogen-bond donors (Lipinski definition) is 4. The Morgan fingerprint density at radius 1 is 0.907 bits per heavy atom. The maximum atomic E-state index is 15.1. The molecule has 9 nitrogen and oxygen atoms in total. The molecule has 0 saturated heterocycles. The quantitative estimate of drug-likeness (QED) is 0.124. The van der Waals surface area contributed by atoms with Crippen molar-refractivity contribution in [3.8, 4) is 16.9 Å². The fourth-order valence-corrected chi connectivity index (χ4v) is 4.20. The Bertz CT molecular complexity index is 1440. The van der Waals surface area contributed by atoms with Gasteiger partial charge < -0.3 is 15.4 Å². The van der Waals surface area contributed by atoms with Gasteiger partial charge in [-0.3, -0.25) is 10.1 Å². The van der Waals surface area contributed by atoms with E-state index in [-0.39, 0.29) is 25.3 Å². The minimum absolute atomic E-state index is 0.0201. The molecule has 0 aliphatic rings. The average Bonchev–Trinajstić information content (AvgIpc) is 3.48. The summed E-state index contributed by atoms with van der Waals surface area (Å²) >= 11 is 0. The standard InChI is InChI=1S/C29H30F5N7O2/c1-28(2,31)26(27(42)36-16-15-35-22-11-13-23(14-12-22)43-17-24-38-40-41-39-24)37-25(29(32,33)34)20-5-3-18(4-6-20)19-7-9-21(30)10-8-19/h3-14,25-26,35,37H,15-17H2,1-2H3,(H,36,42)(H,38,39,40,41). The second-order valence-electron chi connectivity index (χ2n) is 10.1. The van der Waals surface area contributed by atoms with E-state index in [9.17, 15) is 22.4 Å². The summed E-state index contributed by atoms with van der Waals surface area (Å²) < 4.78 is 76.3. The highest BCUT2D eigenvalue weighted by Gasteiger charge is 2.46. The van der Waals surface area contributed by atoms with Crippen molar-refractivity contribution in [2.24, 2.45) is 0 Å². The number of anilines is 1. The van der Waals surface area contributed by atoms with Gasteiger partial charge in [0.25, 0.3) is 0 Å². The number of halogens is 5. The summed E-state index contributed by atoms with van der Waals surface area (Å²) in [6.07, 6.45) is -4.83. The normalized spacial score (nSPS) is 13.3. The number of nitrogens with one attached hydrogen (secondary N) is 4. The van der Waals surface area contributed by atoms with Crippen LogP contribution in [0.25, 0.3) is 11.1 Å². The number of benzene rings is 3. The highest BCUT2D eigenvalue weighted by atomic mass is 19.4. The minimum atomic E-state index is -4.83. The van der Waals surface area contributed by atoms with Gasteiger partial charge in [-0.2, -0.15) is 18.4 Å². The van der Waals surface area contributed by atoms with Crippen molar-refractivity contribution in [1.82, 2.24) is 31.3 Å². The van der Waals surface area contributed by atoms with Crippen LogP contribution in [0.15, 0.2) is 72.8 Å². The number of H-pyrrole nitrogens is 1. The van der Waals surface area contributed by atoms with Crippen LogP contribution in [0.1, 0.15) is 31.3 Å². The van der Waals surface area contributed by atoms with E-state index in [0.29, 0.717) is 28.4 Å². The fraction of sp³-hybridized carbons (Fsp3) is 0.310. The summed E-state index contributed by atoms with van der Waals surface area (Å²) in [5.74, 6) is -0.402. The molecule has 0 fully saturated rings. The zero-order valence-corrected chi connectivity index (χ0v) is 23.3. The van der Waals surface area contributed by atoms with E-state index in [4.69, 9.17) is 4.74 Å². The molecule has 1 heterocycles. The number of amides is 1.